The summed E-state index contributed by atoms with van der Waals surface area (Å²) in [7, 11) is 0. The Labute approximate surface area is 205 Å². The number of amides is 1. The first-order valence-corrected chi connectivity index (χ1v) is 12.0. The second kappa shape index (κ2) is 11.1. The summed E-state index contributed by atoms with van der Waals surface area (Å²) < 4.78 is 11.1. The molecular formula is C26H33N3O6. The molecule has 1 amide bonds. The van der Waals surface area contributed by atoms with Crippen molar-refractivity contribution in [2.24, 2.45) is 0 Å². The van der Waals surface area contributed by atoms with Crippen LogP contribution in [0.2, 0.25) is 0 Å². The third-order valence-corrected chi connectivity index (χ3v) is 6.38. The standard InChI is InChI=1S/C26H33N3O6/c1-16(2)20-12-21(23(31)13-22(20)30)26(33)25-19-4-3-18(11-17(19)14-28-25)35-8-5-27-24(32)15-29-6-9-34-10-7-29/h3-4,11-13,16,25,28,30-31H,5-10,14-15H2,1-2H3,(H,27,32). The molecule has 9 heteroatoms. The van der Waals surface area contributed by atoms with Gasteiger partial charge < -0.3 is 25.0 Å². The molecule has 0 spiro atoms. The monoisotopic (exact) mass is 483 g/mol. The van der Waals surface area contributed by atoms with Crippen molar-refractivity contribution in [2.75, 3.05) is 46.0 Å². The minimum absolute atomic E-state index is 0.00910. The number of carbonyl (C=O) groups is 2. The lowest BCUT2D eigenvalue weighted by Gasteiger charge is -2.25. The number of benzene rings is 2. The Hall–Kier alpha value is -3.14. The van der Waals surface area contributed by atoms with Crippen LogP contribution in [0.1, 0.15) is 52.9 Å². The lowest BCUT2D eigenvalue weighted by Crippen LogP contribution is -2.43. The van der Waals surface area contributed by atoms with E-state index in [0.29, 0.717) is 50.8 Å². The maximum absolute atomic E-state index is 13.2. The van der Waals surface area contributed by atoms with Gasteiger partial charge in [0.2, 0.25) is 5.91 Å². The van der Waals surface area contributed by atoms with Gasteiger partial charge in [-0.2, -0.15) is 0 Å². The van der Waals surface area contributed by atoms with Crippen LogP contribution in [0.5, 0.6) is 17.2 Å². The maximum atomic E-state index is 13.2. The number of phenolic OH excluding ortho intramolecular Hbond substituents is 2. The summed E-state index contributed by atoms with van der Waals surface area (Å²) in [5.41, 5.74) is 2.58. The van der Waals surface area contributed by atoms with Crippen LogP contribution >= 0.6 is 0 Å². The van der Waals surface area contributed by atoms with Gasteiger partial charge in [0.15, 0.2) is 5.78 Å². The normalized spacial score (nSPS) is 17.9. The number of Topliss-reactive ketones (excluding diaryl/α,β-unsaturated/α-hetero) is 1. The number of phenols is 2. The second-order valence-electron chi connectivity index (χ2n) is 9.21. The summed E-state index contributed by atoms with van der Waals surface area (Å²) >= 11 is 0. The van der Waals surface area contributed by atoms with Crippen molar-refractivity contribution in [1.82, 2.24) is 15.5 Å². The van der Waals surface area contributed by atoms with Crippen LogP contribution in [0.15, 0.2) is 30.3 Å². The molecule has 2 aliphatic rings. The Bertz CT molecular complexity index is 1080. The molecule has 35 heavy (non-hydrogen) atoms. The third-order valence-electron chi connectivity index (χ3n) is 6.38. The van der Waals surface area contributed by atoms with E-state index >= 15 is 0 Å². The fraction of sp³-hybridized carbons (Fsp3) is 0.462. The molecule has 1 fully saturated rings. The number of morpholine rings is 1. The zero-order valence-electron chi connectivity index (χ0n) is 20.2. The van der Waals surface area contributed by atoms with E-state index in [1.807, 2.05) is 26.0 Å². The Morgan fingerprint density at radius 1 is 1.17 bits per heavy atom. The van der Waals surface area contributed by atoms with Gasteiger partial charge in [0.05, 0.1) is 37.9 Å². The van der Waals surface area contributed by atoms with Crippen LogP contribution < -0.4 is 15.4 Å². The largest absolute Gasteiger partial charge is 0.508 e. The van der Waals surface area contributed by atoms with Crippen molar-refractivity contribution < 1.29 is 29.3 Å². The van der Waals surface area contributed by atoms with Crippen LogP contribution in [0.25, 0.3) is 0 Å². The molecule has 0 aliphatic carbocycles. The molecule has 0 bridgehead atoms. The van der Waals surface area contributed by atoms with Gasteiger partial charge in [-0.3, -0.25) is 19.8 Å². The molecule has 1 atom stereocenters. The van der Waals surface area contributed by atoms with Gasteiger partial charge in [-0.25, -0.2) is 0 Å². The number of hydrogen-bond donors (Lipinski definition) is 4. The van der Waals surface area contributed by atoms with Crippen molar-refractivity contribution in [2.45, 2.75) is 32.4 Å². The number of nitrogens with zero attached hydrogens (tertiary/aromatic N) is 1. The average molecular weight is 484 g/mol. The zero-order valence-corrected chi connectivity index (χ0v) is 20.2. The predicted molar refractivity (Wildman–Crippen MR) is 130 cm³/mol. The lowest BCUT2D eigenvalue weighted by atomic mass is 9.92. The van der Waals surface area contributed by atoms with Gasteiger partial charge in [-0.05, 0) is 40.8 Å². The van der Waals surface area contributed by atoms with Crippen molar-refractivity contribution >= 4 is 11.7 Å². The molecule has 2 aromatic carbocycles. The number of aromatic hydroxyl groups is 2. The summed E-state index contributed by atoms with van der Waals surface area (Å²) in [4.78, 5) is 27.4. The van der Waals surface area contributed by atoms with Gasteiger partial charge in [0.1, 0.15) is 23.9 Å². The number of ether oxygens (including phenoxy) is 2. The average Bonchev–Trinajstić information content (AvgIpc) is 3.25. The van der Waals surface area contributed by atoms with E-state index in [9.17, 15) is 19.8 Å². The molecule has 1 unspecified atom stereocenters. The minimum atomic E-state index is -0.589. The molecule has 2 aliphatic heterocycles. The third kappa shape index (κ3) is 5.93. The molecule has 4 N–H and O–H groups in total. The van der Waals surface area contributed by atoms with Crippen molar-refractivity contribution in [1.29, 1.82) is 0 Å². The summed E-state index contributed by atoms with van der Waals surface area (Å²) in [5.74, 6) is 0.133. The van der Waals surface area contributed by atoms with E-state index in [2.05, 4.69) is 15.5 Å². The van der Waals surface area contributed by atoms with Gasteiger partial charge >= 0.3 is 0 Å². The summed E-state index contributed by atoms with van der Waals surface area (Å²) in [6, 6.07) is 7.76. The van der Waals surface area contributed by atoms with E-state index < -0.39 is 6.04 Å². The Morgan fingerprint density at radius 3 is 2.69 bits per heavy atom. The highest BCUT2D eigenvalue weighted by molar-refractivity contribution is 6.03. The lowest BCUT2D eigenvalue weighted by molar-refractivity contribution is -0.123. The SMILES string of the molecule is CC(C)c1cc(C(=O)C2NCc3cc(OCCNC(=O)CN4CCOCC4)ccc32)c(O)cc1O. The number of rotatable bonds is 9. The van der Waals surface area contributed by atoms with Gasteiger partial charge in [0, 0.05) is 25.7 Å². The summed E-state index contributed by atoms with van der Waals surface area (Å²) in [5, 5.41) is 26.5. The Morgan fingerprint density at radius 2 is 1.94 bits per heavy atom. The topological polar surface area (TPSA) is 120 Å². The molecule has 0 radical (unpaired) electrons. The minimum Gasteiger partial charge on any atom is -0.508 e. The van der Waals surface area contributed by atoms with Crippen LogP contribution in [0, 0.1) is 0 Å². The van der Waals surface area contributed by atoms with Gasteiger partial charge in [-0.15, -0.1) is 0 Å². The molecular weight excluding hydrogens is 450 g/mol. The zero-order chi connectivity index (χ0) is 24.9. The fourth-order valence-electron chi connectivity index (χ4n) is 4.45. The highest BCUT2D eigenvalue weighted by atomic mass is 16.5. The smallest absolute Gasteiger partial charge is 0.234 e. The van der Waals surface area contributed by atoms with Gasteiger partial charge in [-0.1, -0.05) is 19.9 Å². The first kappa shape index (κ1) is 25.0. The number of hydrogen-bond acceptors (Lipinski definition) is 8. The van der Waals surface area contributed by atoms with Crippen LogP contribution in [0.3, 0.4) is 0 Å². The van der Waals surface area contributed by atoms with E-state index in [0.717, 1.165) is 24.2 Å². The number of ketones is 1. The van der Waals surface area contributed by atoms with E-state index in [4.69, 9.17) is 9.47 Å². The van der Waals surface area contributed by atoms with Crippen LogP contribution in [-0.2, 0) is 16.1 Å². The van der Waals surface area contributed by atoms with Crippen molar-refractivity contribution in [3.63, 3.8) is 0 Å². The molecule has 1 saturated heterocycles. The number of fused-ring (bicyclic) bond motifs is 1. The molecule has 4 rings (SSSR count). The van der Waals surface area contributed by atoms with E-state index in [1.165, 1.54) is 6.07 Å². The molecule has 0 saturated carbocycles. The van der Waals surface area contributed by atoms with E-state index in [1.54, 1.807) is 12.1 Å². The van der Waals surface area contributed by atoms with Crippen LogP contribution in [0.4, 0.5) is 0 Å². The summed E-state index contributed by atoms with van der Waals surface area (Å²) in [6.07, 6.45) is 0. The second-order valence-corrected chi connectivity index (χ2v) is 9.21. The fourth-order valence-corrected chi connectivity index (χ4v) is 4.45. The predicted octanol–water partition coefficient (Wildman–Crippen LogP) is 2.08. The molecule has 188 valence electrons. The maximum Gasteiger partial charge on any atom is 0.234 e. The highest BCUT2D eigenvalue weighted by Gasteiger charge is 2.31. The van der Waals surface area contributed by atoms with Crippen molar-refractivity contribution in [3.05, 3.63) is 52.6 Å². The van der Waals surface area contributed by atoms with Crippen molar-refractivity contribution in [3.8, 4) is 17.2 Å². The first-order valence-electron chi connectivity index (χ1n) is 12.0. The summed E-state index contributed by atoms with van der Waals surface area (Å²) in [6.45, 7) is 8.27. The molecule has 9 nitrogen and oxygen atoms in total. The van der Waals surface area contributed by atoms with Gasteiger partial charge in [0.25, 0.3) is 0 Å². The first-order chi connectivity index (χ1) is 16.8. The van der Waals surface area contributed by atoms with Crippen LogP contribution in [-0.4, -0.2) is 72.8 Å². The Balaban J connectivity index is 1.33. The Kier molecular flexibility index (Phi) is 7.90. The quantitative estimate of drug-likeness (QED) is 0.316. The van der Waals surface area contributed by atoms with E-state index in [-0.39, 0.29) is 34.7 Å². The molecule has 2 heterocycles. The number of nitrogens with one attached hydrogen (secondary N) is 2. The number of carbonyl (C=O) groups excluding carboxylic acids is 2. The molecule has 2 aromatic rings. The highest BCUT2D eigenvalue weighted by Crippen LogP contribution is 2.37. The molecule has 0 aromatic heterocycles.